The highest BCUT2D eigenvalue weighted by Gasteiger charge is 2.13. The van der Waals surface area contributed by atoms with E-state index in [4.69, 9.17) is 9.47 Å². The smallest absolute Gasteiger partial charge is 0.242 e. The number of pyridine rings is 1. The highest BCUT2D eigenvalue weighted by molar-refractivity contribution is 7.89. The third kappa shape index (κ3) is 8.52. The van der Waals surface area contributed by atoms with Gasteiger partial charge in [0.05, 0.1) is 6.61 Å². The van der Waals surface area contributed by atoms with E-state index in [1.165, 1.54) is 18.5 Å². The fraction of sp³-hybridized carbons (Fsp3) is 0.429. The summed E-state index contributed by atoms with van der Waals surface area (Å²) in [5.41, 5.74) is 2.12. The number of rotatable bonds is 12. The predicted molar refractivity (Wildman–Crippen MR) is 121 cm³/mol. The highest BCUT2D eigenvalue weighted by atomic mass is 32.2. The molecule has 0 aliphatic heterocycles. The van der Waals surface area contributed by atoms with Gasteiger partial charge in [0.15, 0.2) is 5.96 Å². The Balaban J connectivity index is 1.82. The molecule has 0 saturated heterocycles. The molecule has 9 nitrogen and oxygen atoms in total. The second-order valence-electron chi connectivity index (χ2n) is 6.75. The SMILES string of the molecule is CN=C(NCCNS(=O)(=O)c1cccnc1)NCc1ccc(C)cc1OCCCOC. The first kappa shape index (κ1) is 24.6. The summed E-state index contributed by atoms with van der Waals surface area (Å²) in [6.45, 7) is 4.34. The number of sulfonamides is 1. The number of aryl methyl sites for hydroxylation is 1. The minimum absolute atomic E-state index is 0.134. The van der Waals surface area contributed by atoms with Crippen molar-refractivity contribution in [3.63, 3.8) is 0 Å². The molecule has 1 aromatic carbocycles. The Bertz CT molecular complexity index is 936. The first-order valence-electron chi connectivity index (χ1n) is 10.0. The molecule has 0 saturated carbocycles. The van der Waals surface area contributed by atoms with Gasteiger partial charge in [0.1, 0.15) is 10.6 Å². The molecule has 3 N–H and O–H groups in total. The Morgan fingerprint density at radius 2 is 2.00 bits per heavy atom. The van der Waals surface area contributed by atoms with Crippen LogP contribution in [0.3, 0.4) is 0 Å². The Morgan fingerprint density at radius 1 is 1.16 bits per heavy atom. The van der Waals surface area contributed by atoms with Crippen LogP contribution in [0, 0.1) is 6.92 Å². The van der Waals surface area contributed by atoms with E-state index in [0.29, 0.717) is 32.3 Å². The zero-order valence-corrected chi connectivity index (χ0v) is 19.0. The number of nitrogens with one attached hydrogen (secondary N) is 3. The van der Waals surface area contributed by atoms with Crippen LogP contribution in [-0.4, -0.2) is 59.8 Å². The lowest BCUT2D eigenvalue weighted by molar-refractivity contribution is 0.171. The molecule has 2 aromatic rings. The van der Waals surface area contributed by atoms with Crippen molar-refractivity contribution in [2.45, 2.75) is 24.8 Å². The van der Waals surface area contributed by atoms with E-state index >= 15 is 0 Å². The number of aromatic nitrogens is 1. The number of benzene rings is 1. The van der Waals surface area contributed by atoms with Gasteiger partial charge in [0, 0.05) is 64.8 Å². The number of nitrogens with zero attached hydrogens (tertiary/aromatic N) is 2. The lowest BCUT2D eigenvalue weighted by Crippen LogP contribution is -2.41. The minimum atomic E-state index is -3.58. The van der Waals surface area contributed by atoms with E-state index in [-0.39, 0.29) is 11.4 Å². The Morgan fingerprint density at radius 3 is 2.71 bits per heavy atom. The molecule has 170 valence electrons. The molecular formula is C21H31N5O4S. The molecule has 31 heavy (non-hydrogen) atoms. The molecule has 0 amide bonds. The van der Waals surface area contributed by atoms with Gasteiger partial charge in [-0.05, 0) is 30.7 Å². The van der Waals surface area contributed by atoms with Gasteiger partial charge in [-0.2, -0.15) is 0 Å². The van der Waals surface area contributed by atoms with E-state index in [0.717, 1.165) is 23.3 Å². The number of hydrogen-bond donors (Lipinski definition) is 3. The summed E-state index contributed by atoms with van der Waals surface area (Å²) in [6.07, 6.45) is 3.66. The van der Waals surface area contributed by atoms with E-state index in [1.54, 1.807) is 20.2 Å². The molecule has 0 unspecified atom stereocenters. The van der Waals surface area contributed by atoms with Crippen molar-refractivity contribution < 1.29 is 17.9 Å². The molecule has 0 bridgehead atoms. The molecular weight excluding hydrogens is 418 g/mol. The fourth-order valence-electron chi connectivity index (χ4n) is 2.68. The first-order valence-corrected chi connectivity index (χ1v) is 11.5. The van der Waals surface area contributed by atoms with Crippen molar-refractivity contribution in [3.8, 4) is 5.75 Å². The van der Waals surface area contributed by atoms with E-state index < -0.39 is 10.0 Å². The van der Waals surface area contributed by atoms with E-state index in [9.17, 15) is 8.42 Å². The van der Waals surface area contributed by atoms with Crippen molar-refractivity contribution in [2.24, 2.45) is 4.99 Å². The molecule has 2 rings (SSSR count). The molecule has 0 spiro atoms. The van der Waals surface area contributed by atoms with Crippen LogP contribution in [0.15, 0.2) is 52.6 Å². The summed E-state index contributed by atoms with van der Waals surface area (Å²) < 4.78 is 37.9. The maximum atomic E-state index is 12.2. The molecule has 1 heterocycles. The van der Waals surface area contributed by atoms with Gasteiger partial charge in [-0.15, -0.1) is 0 Å². The first-order chi connectivity index (χ1) is 15.0. The van der Waals surface area contributed by atoms with Crippen molar-refractivity contribution >= 4 is 16.0 Å². The van der Waals surface area contributed by atoms with Gasteiger partial charge < -0.3 is 20.1 Å². The summed E-state index contributed by atoms with van der Waals surface area (Å²) in [4.78, 5) is 8.15. The summed E-state index contributed by atoms with van der Waals surface area (Å²) in [7, 11) is -0.251. The van der Waals surface area contributed by atoms with Crippen LogP contribution >= 0.6 is 0 Å². The van der Waals surface area contributed by atoms with E-state index in [1.807, 2.05) is 25.1 Å². The standard InChI is InChI=1S/C21H31N5O4S/c1-17-7-8-18(20(14-17)30-13-5-12-29-3)15-25-21(22-2)24-10-11-26-31(27,28)19-6-4-9-23-16-19/h4,6-9,14,16,26H,5,10-13,15H2,1-3H3,(H2,22,24,25). The lowest BCUT2D eigenvalue weighted by Gasteiger charge is -2.16. The van der Waals surface area contributed by atoms with Crippen LogP contribution in [0.1, 0.15) is 17.5 Å². The average molecular weight is 450 g/mol. The fourth-order valence-corrected chi connectivity index (χ4v) is 3.68. The normalized spacial score (nSPS) is 11.9. The number of aliphatic imine (C=N–C) groups is 1. The van der Waals surface area contributed by atoms with Gasteiger partial charge in [-0.1, -0.05) is 12.1 Å². The number of ether oxygens (including phenoxy) is 2. The van der Waals surface area contributed by atoms with Crippen molar-refractivity contribution in [1.82, 2.24) is 20.3 Å². The van der Waals surface area contributed by atoms with E-state index in [2.05, 4.69) is 25.3 Å². The minimum Gasteiger partial charge on any atom is -0.493 e. The molecule has 0 fully saturated rings. The predicted octanol–water partition coefficient (Wildman–Crippen LogP) is 1.45. The maximum Gasteiger partial charge on any atom is 0.242 e. The van der Waals surface area contributed by atoms with Crippen molar-refractivity contribution in [2.75, 3.05) is 40.5 Å². The number of methoxy groups -OCH3 is 1. The summed E-state index contributed by atoms with van der Waals surface area (Å²) >= 11 is 0. The van der Waals surface area contributed by atoms with Crippen molar-refractivity contribution in [3.05, 3.63) is 53.9 Å². The second-order valence-corrected chi connectivity index (χ2v) is 8.51. The van der Waals surface area contributed by atoms with Crippen LogP contribution in [0.4, 0.5) is 0 Å². The largest absolute Gasteiger partial charge is 0.493 e. The lowest BCUT2D eigenvalue weighted by atomic mass is 10.1. The van der Waals surface area contributed by atoms with Crippen LogP contribution in [0.5, 0.6) is 5.75 Å². The molecule has 1 aromatic heterocycles. The van der Waals surface area contributed by atoms with Gasteiger partial charge in [0.2, 0.25) is 10.0 Å². The van der Waals surface area contributed by atoms with Crippen LogP contribution in [0.25, 0.3) is 0 Å². The van der Waals surface area contributed by atoms with Crippen LogP contribution in [0.2, 0.25) is 0 Å². The quantitative estimate of drug-likeness (QED) is 0.255. The number of guanidine groups is 1. The summed E-state index contributed by atoms with van der Waals surface area (Å²) in [5, 5.41) is 6.32. The zero-order valence-electron chi connectivity index (χ0n) is 18.2. The van der Waals surface area contributed by atoms with Gasteiger partial charge in [-0.25, -0.2) is 13.1 Å². The van der Waals surface area contributed by atoms with Crippen LogP contribution in [-0.2, 0) is 21.3 Å². The summed E-state index contributed by atoms with van der Waals surface area (Å²) in [5.74, 6) is 1.38. The third-order valence-electron chi connectivity index (χ3n) is 4.30. The maximum absolute atomic E-state index is 12.2. The van der Waals surface area contributed by atoms with Gasteiger partial charge >= 0.3 is 0 Å². The molecule has 0 aliphatic carbocycles. The summed E-state index contributed by atoms with van der Waals surface area (Å²) in [6, 6.07) is 9.14. The third-order valence-corrected chi connectivity index (χ3v) is 5.74. The molecule has 10 heteroatoms. The van der Waals surface area contributed by atoms with Gasteiger partial charge in [-0.3, -0.25) is 9.98 Å². The second kappa shape index (κ2) is 12.9. The Kier molecular flexibility index (Phi) is 10.2. The monoisotopic (exact) mass is 449 g/mol. The van der Waals surface area contributed by atoms with Crippen molar-refractivity contribution in [1.29, 1.82) is 0 Å². The molecule has 0 atom stereocenters. The average Bonchev–Trinajstić information content (AvgIpc) is 2.78. The zero-order chi connectivity index (χ0) is 22.5. The molecule has 0 aliphatic rings. The topological polar surface area (TPSA) is 114 Å². The number of hydrogen-bond acceptors (Lipinski definition) is 6. The highest BCUT2D eigenvalue weighted by Crippen LogP contribution is 2.20. The Hall–Kier alpha value is -2.69. The molecule has 0 radical (unpaired) electrons. The Labute approximate surface area is 184 Å². The van der Waals surface area contributed by atoms with Gasteiger partial charge in [0.25, 0.3) is 0 Å². The van der Waals surface area contributed by atoms with Crippen LogP contribution < -0.4 is 20.1 Å².